The van der Waals surface area contributed by atoms with Gasteiger partial charge in [0.15, 0.2) is 5.82 Å². The molecule has 0 saturated carbocycles. The number of likely N-dealkylation sites (tertiary alicyclic amines) is 1. The summed E-state index contributed by atoms with van der Waals surface area (Å²) in [7, 11) is 1.93. The minimum atomic E-state index is -0.542. The topological polar surface area (TPSA) is 45.2 Å². The SMILES string of the molecule is CNCC1CCN(C(=O)c2ccncc2F)CC1.Cl.Cl. The van der Waals surface area contributed by atoms with Crippen molar-refractivity contribution in [2.75, 3.05) is 26.7 Å². The molecule has 7 heteroatoms. The maximum Gasteiger partial charge on any atom is 0.256 e. The van der Waals surface area contributed by atoms with E-state index in [1.807, 2.05) is 7.05 Å². The van der Waals surface area contributed by atoms with Crippen LogP contribution in [-0.2, 0) is 0 Å². The predicted octanol–water partition coefficient (Wildman–Crippen LogP) is 2.14. The van der Waals surface area contributed by atoms with Crippen LogP contribution < -0.4 is 5.32 Å². The number of carbonyl (C=O) groups excluding carboxylic acids is 1. The minimum absolute atomic E-state index is 0. The monoisotopic (exact) mass is 323 g/mol. The highest BCUT2D eigenvalue weighted by Gasteiger charge is 2.24. The Morgan fingerprint density at radius 1 is 1.45 bits per heavy atom. The largest absolute Gasteiger partial charge is 0.339 e. The first kappa shape index (κ1) is 19.1. The van der Waals surface area contributed by atoms with Crippen molar-refractivity contribution in [2.45, 2.75) is 12.8 Å². The van der Waals surface area contributed by atoms with Crippen molar-refractivity contribution in [3.63, 3.8) is 0 Å². The molecule has 4 nitrogen and oxygen atoms in total. The Hall–Kier alpha value is -0.910. The predicted molar refractivity (Wildman–Crippen MR) is 81.2 cm³/mol. The zero-order valence-electron chi connectivity index (χ0n) is 11.3. The molecule has 2 heterocycles. The second kappa shape index (κ2) is 9.10. The molecule has 20 heavy (non-hydrogen) atoms. The van der Waals surface area contributed by atoms with E-state index < -0.39 is 5.82 Å². The number of nitrogens with zero attached hydrogens (tertiary/aromatic N) is 2. The lowest BCUT2D eigenvalue weighted by atomic mass is 9.96. The molecule has 0 aromatic carbocycles. The molecule has 1 N–H and O–H groups in total. The van der Waals surface area contributed by atoms with Gasteiger partial charge in [0.25, 0.3) is 5.91 Å². The molecule has 0 bridgehead atoms. The van der Waals surface area contributed by atoms with Crippen molar-refractivity contribution >= 4 is 30.7 Å². The second-order valence-corrected chi connectivity index (χ2v) is 4.65. The van der Waals surface area contributed by atoms with E-state index in [2.05, 4.69) is 10.3 Å². The van der Waals surface area contributed by atoms with Crippen molar-refractivity contribution in [2.24, 2.45) is 5.92 Å². The lowest BCUT2D eigenvalue weighted by molar-refractivity contribution is 0.0686. The number of hydrogen-bond acceptors (Lipinski definition) is 3. The summed E-state index contributed by atoms with van der Waals surface area (Å²) in [5.74, 6) is -0.154. The molecule has 1 aromatic heterocycles. The van der Waals surface area contributed by atoms with Crippen LogP contribution in [0.1, 0.15) is 23.2 Å². The fourth-order valence-electron chi connectivity index (χ4n) is 2.35. The Kier molecular flexibility index (Phi) is 8.69. The molecule has 0 radical (unpaired) electrons. The van der Waals surface area contributed by atoms with Crippen molar-refractivity contribution in [3.05, 3.63) is 29.8 Å². The molecular weight excluding hydrogens is 304 g/mol. The average molecular weight is 324 g/mol. The standard InChI is InChI=1S/C13H18FN3O.2ClH/c1-15-8-10-3-6-17(7-4-10)13(18)11-2-5-16-9-12(11)14;;/h2,5,9-10,15H,3-4,6-8H2,1H3;2*1H. The summed E-state index contributed by atoms with van der Waals surface area (Å²) in [6, 6.07) is 1.44. The van der Waals surface area contributed by atoms with Crippen LogP contribution in [0.15, 0.2) is 18.5 Å². The molecule has 2 rings (SSSR count). The van der Waals surface area contributed by atoms with Crippen molar-refractivity contribution in [3.8, 4) is 0 Å². The highest BCUT2D eigenvalue weighted by atomic mass is 35.5. The first-order chi connectivity index (χ1) is 8.72. The van der Waals surface area contributed by atoms with E-state index in [1.54, 1.807) is 4.90 Å². The van der Waals surface area contributed by atoms with Gasteiger partial charge in [-0.05, 0) is 38.4 Å². The third-order valence-corrected chi connectivity index (χ3v) is 3.40. The summed E-state index contributed by atoms with van der Waals surface area (Å²) in [6.45, 7) is 2.38. The van der Waals surface area contributed by atoms with E-state index in [-0.39, 0.29) is 36.3 Å². The molecule has 1 aliphatic heterocycles. The molecule has 0 unspecified atom stereocenters. The molecule has 114 valence electrons. The number of pyridine rings is 1. The summed E-state index contributed by atoms with van der Waals surface area (Å²) in [5, 5.41) is 3.15. The maximum absolute atomic E-state index is 13.5. The van der Waals surface area contributed by atoms with Gasteiger partial charge in [-0.15, -0.1) is 24.8 Å². The van der Waals surface area contributed by atoms with Gasteiger partial charge in [-0.1, -0.05) is 0 Å². The highest BCUT2D eigenvalue weighted by Crippen LogP contribution is 2.19. The summed E-state index contributed by atoms with van der Waals surface area (Å²) < 4.78 is 13.5. The fraction of sp³-hybridized carbons (Fsp3) is 0.538. The van der Waals surface area contributed by atoms with E-state index >= 15 is 0 Å². The van der Waals surface area contributed by atoms with E-state index in [0.717, 1.165) is 25.6 Å². The molecule has 1 saturated heterocycles. The number of carbonyl (C=O) groups is 1. The molecule has 1 aromatic rings. The van der Waals surface area contributed by atoms with Crippen molar-refractivity contribution < 1.29 is 9.18 Å². The molecule has 0 spiro atoms. The zero-order valence-corrected chi connectivity index (χ0v) is 13.0. The van der Waals surface area contributed by atoms with Gasteiger partial charge >= 0.3 is 0 Å². The lowest BCUT2D eigenvalue weighted by Crippen LogP contribution is -2.40. The van der Waals surface area contributed by atoms with Crippen LogP contribution in [0.5, 0.6) is 0 Å². The van der Waals surface area contributed by atoms with Crippen LogP contribution in [0.3, 0.4) is 0 Å². The molecule has 1 fully saturated rings. The number of rotatable bonds is 3. The van der Waals surface area contributed by atoms with Crippen LogP contribution in [0, 0.1) is 11.7 Å². The van der Waals surface area contributed by atoms with Crippen LogP contribution >= 0.6 is 24.8 Å². The normalized spacial score (nSPS) is 15.2. The van der Waals surface area contributed by atoms with E-state index in [4.69, 9.17) is 0 Å². The number of amides is 1. The average Bonchev–Trinajstić information content (AvgIpc) is 2.40. The number of nitrogens with one attached hydrogen (secondary N) is 1. The Morgan fingerprint density at radius 2 is 2.10 bits per heavy atom. The fourth-order valence-corrected chi connectivity index (χ4v) is 2.35. The summed E-state index contributed by atoms with van der Waals surface area (Å²) in [4.78, 5) is 17.5. The van der Waals surface area contributed by atoms with Gasteiger partial charge in [0.05, 0.1) is 11.8 Å². The van der Waals surface area contributed by atoms with E-state index in [1.165, 1.54) is 12.3 Å². The van der Waals surface area contributed by atoms with E-state index in [0.29, 0.717) is 19.0 Å². The highest BCUT2D eigenvalue weighted by molar-refractivity contribution is 5.94. The van der Waals surface area contributed by atoms with Gasteiger partial charge in [-0.3, -0.25) is 9.78 Å². The van der Waals surface area contributed by atoms with Gasteiger partial charge in [-0.2, -0.15) is 0 Å². The third-order valence-electron chi connectivity index (χ3n) is 3.40. The lowest BCUT2D eigenvalue weighted by Gasteiger charge is -2.32. The Morgan fingerprint density at radius 3 is 2.65 bits per heavy atom. The molecule has 1 aliphatic rings. The van der Waals surface area contributed by atoms with Crippen LogP contribution in [0.4, 0.5) is 4.39 Å². The van der Waals surface area contributed by atoms with Crippen LogP contribution in [-0.4, -0.2) is 42.5 Å². The van der Waals surface area contributed by atoms with Crippen LogP contribution in [0.25, 0.3) is 0 Å². The Labute approximate surface area is 131 Å². The summed E-state index contributed by atoms with van der Waals surface area (Å²) >= 11 is 0. The summed E-state index contributed by atoms with van der Waals surface area (Å²) in [6.07, 6.45) is 4.48. The van der Waals surface area contributed by atoms with E-state index in [9.17, 15) is 9.18 Å². The van der Waals surface area contributed by atoms with Gasteiger partial charge in [0, 0.05) is 19.3 Å². The van der Waals surface area contributed by atoms with Gasteiger partial charge < -0.3 is 10.2 Å². The van der Waals surface area contributed by atoms with Gasteiger partial charge in [0.1, 0.15) is 0 Å². The Balaban J connectivity index is 0.00000180. The number of aromatic nitrogens is 1. The third kappa shape index (κ3) is 4.58. The molecule has 1 amide bonds. The zero-order chi connectivity index (χ0) is 13.0. The number of piperidine rings is 1. The number of halogens is 3. The molecule has 0 aliphatic carbocycles. The Bertz CT molecular complexity index is 426. The van der Waals surface area contributed by atoms with Gasteiger partial charge in [0.2, 0.25) is 0 Å². The second-order valence-electron chi connectivity index (χ2n) is 4.65. The molecule has 0 atom stereocenters. The first-order valence-electron chi connectivity index (χ1n) is 6.25. The quantitative estimate of drug-likeness (QED) is 0.926. The van der Waals surface area contributed by atoms with Crippen molar-refractivity contribution in [1.29, 1.82) is 0 Å². The van der Waals surface area contributed by atoms with Crippen molar-refractivity contribution in [1.82, 2.24) is 15.2 Å². The first-order valence-corrected chi connectivity index (χ1v) is 6.25. The molecular formula is C13H20Cl2FN3O. The summed E-state index contributed by atoms with van der Waals surface area (Å²) in [5.41, 5.74) is 0.122. The van der Waals surface area contributed by atoms with Crippen LogP contribution in [0.2, 0.25) is 0 Å². The minimum Gasteiger partial charge on any atom is -0.339 e. The van der Waals surface area contributed by atoms with Gasteiger partial charge in [-0.25, -0.2) is 4.39 Å². The number of hydrogen-bond donors (Lipinski definition) is 1. The maximum atomic E-state index is 13.5. The smallest absolute Gasteiger partial charge is 0.256 e.